The summed E-state index contributed by atoms with van der Waals surface area (Å²) in [5.41, 5.74) is 8.98. The normalized spacial score (nSPS) is 16.7. The number of guanidine groups is 1. The topological polar surface area (TPSA) is 66.5 Å². The highest BCUT2D eigenvalue weighted by molar-refractivity contribution is 5.78. The van der Waals surface area contributed by atoms with E-state index >= 15 is 0 Å². The Hall–Kier alpha value is -2.01. The summed E-state index contributed by atoms with van der Waals surface area (Å²) in [7, 11) is 0. The fourth-order valence-corrected chi connectivity index (χ4v) is 2.11. The molecule has 2 N–H and O–H groups in total. The van der Waals surface area contributed by atoms with E-state index in [4.69, 9.17) is 10.9 Å². The average Bonchev–Trinajstić information content (AvgIpc) is 2.39. The van der Waals surface area contributed by atoms with Gasteiger partial charge in [-0.25, -0.2) is 5.53 Å². The molecular weight excluding hydrogens is 226 g/mol. The molecule has 0 bridgehead atoms. The van der Waals surface area contributed by atoms with E-state index in [1.54, 1.807) is 4.90 Å². The van der Waals surface area contributed by atoms with Crippen LogP contribution in [0.3, 0.4) is 0 Å². The van der Waals surface area contributed by atoms with Crippen LogP contribution in [0.1, 0.15) is 5.56 Å². The maximum Gasteiger partial charge on any atom is 0.241 e. The van der Waals surface area contributed by atoms with Gasteiger partial charge in [-0.15, -0.1) is 5.11 Å². The first-order valence-electron chi connectivity index (χ1n) is 5.88. The molecule has 0 saturated carbocycles. The van der Waals surface area contributed by atoms with Gasteiger partial charge in [0.2, 0.25) is 5.96 Å². The second-order valence-electron chi connectivity index (χ2n) is 4.35. The summed E-state index contributed by atoms with van der Waals surface area (Å²) in [6, 6.07) is 10.3. The number of benzene rings is 1. The summed E-state index contributed by atoms with van der Waals surface area (Å²) < 4.78 is 0. The summed E-state index contributed by atoms with van der Waals surface area (Å²) >= 11 is 0. The van der Waals surface area contributed by atoms with Crippen molar-refractivity contribution in [1.82, 2.24) is 9.80 Å². The number of hydrogen-bond acceptors (Lipinski definition) is 3. The van der Waals surface area contributed by atoms with Crippen LogP contribution in [0.5, 0.6) is 0 Å². The van der Waals surface area contributed by atoms with Gasteiger partial charge in [0.25, 0.3) is 0 Å². The molecule has 0 amide bonds. The minimum absolute atomic E-state index is 0.0284. The van der Waals surface area contributed by atoms with Crippen molar-refractivity contribution in [2.75, 3.05) is 19.6 Å². The number of hydrogen-bond donors (Lipinski definition) is 2. The first kappa shape index (κ1) is 12.4. The summed E-state index contributed by atoms with van der Waals surface area (Å²) in [5.74, 6) is -0.0284. The molecule has 5 nitrogen and oxygen atoms in total. The second kappa shape index (κ2) is 5.55. The lowest BCUT2D eigenvalue weighted by Gasteiger charge is -2.36. The van der Waals surface area contributed by atoms with Crippen molar-refractivity contribution in [1.29, 1.82) is 10.9 Å². The van der Waals surface area contributed by atoms with E-state index in [1.165, 1.54) is 5.56 Å². The number of nitrogens with one attached hydrogen (secondary N) is 2. The Morgan fingerprint density at radius 2 is 2.00 bits per heavy atom. The SMILES string of the molecule is C=C1CN(Cc2ccccc2)CCN1C(=N)N=N. The third kappa shape index (κ3) is 2.81. The highest BCUT2D eigenvalue weighted by Crippen LogP contribution is 2.15. The minimum Gasteiger partial charge on any atom is -0.312 e. The quantitative estimate of drug-likeness (QED) is 0.475. The van der Waals surface area contributed by atoms with Crippen molar-refractivity contribution in [2.45, 2.75) is 6.54 Å². The molecule has 0 atom stereocenters. The lowest BCUT2D eigenvalue weighted by Crippen LogP contribution is -2.45. The van der Waals surface area contributed by atoms with E-state index in [0.29, 0.717) is 13.1 Å². The standard InChI is InChI=1S/C13H17N5/c1-11-9-17(7-8-18(11)13(14)16-15)10-12-5-3-2-4-6-12/h2-6,14-15H,1,7-10H2. The van der Waals surface area contributed by atoms with Crippen molar-refractivity contribution in [3.8, 4) is 0 Å². The molecular formula is C13H17N5. The maximum atomic E-state index is 7.54. The van der Waals surface area contributed by atoms with Crippen LogP contribution in [0.25, 0.3) is 0 Å². The number of rotatable bonds is 2. The van der Waals surface area contributed by atoms with Crippen LogP contribution in [0.4, 0.5) is 0 Å². The molecule has 0 aliphatic carbocycles. The van der Waals surface area contributed by atoms with E-state index in [1.807, 2.05) is 18.2 Å². The van der Waals surface area contributed by atoms with E-state index in [2.05, 4.69) is 28.7 Å². The first-order valence-corrected chi connectivity index (χ1v) is 5.88. The second-order valence-corrected chi connectivity index (χ2v) is 4.35. The first-order chi connectivity index (χ1) is 8.70. The van der Waals surface area contributed by atoms with Crippen LogP contribution < -0.4 is 0 Å². The van der Waals surface area contributed by atoms with Gasteiger partial charge in [0.1, 0.15) is 0 Å². The molecule has 5 heteroatoms. The van der Waals surface area contributed by atoms with Crippen molar-refractivity contribution in [3.05, 3.63) is 48.2 Å². The maximum absolute atomic E-state index is 7.54. The molecule has 0 spiro atoms. The summed E-state index contributed by atoms with van der Waals surface area (Å²) in [6.07, 6.45) is 0. The van der Waals surface area contributed by atoms with Crippen molar-refractivity contribution >= 4 is 5.96 Å². The monoisotopic (exact) mass is 243 g/mol. The fraction of sp³-hybridized carbons (Fsp3) is 0.308. The van der Waals surface area contributed by atoms with Gasteiger partial charge in [0.05, 0.1) is 0 Å². The zero-order valence-electron chi connectivity index (χ0n) is 10.3. The van der Waals surface area contributed by atoms with Gasteiger partial charge >= 0.3 is 0 Å². The number of piperazine rings is 1. The van der Waals surface area contributed by atoms with Crippen molar-refractivity contribution in [3.63, 3.8) is 0 Å². The molecule has 1 heterocycles. The summed E-state index contributed by atoms with van der Waals surface area (Å²) in [6.45, 7) is 7.09. The fourth-order valence-electron chi connectivity index (χ4n) is 2.11. The zero-order chi connectivity index (χ0) is 13.0. The van der Waals surface area contributed by atoms with Crippen LogP contribution in [-0.4, -0.2) is 35.4 Å². The van der Waals surface area contributed by atoms with E-state index in [9.17, 15) is 0 Å². The molecule has 1 aromatic carbocycles. The minimum atomic E-state index is -0.0284. The van der Waals surface area contributed by atoms with E-state index < -0.39 is 0 Å². The highest BCUT2D eigenvalue weighted by Gasteiger charge is 2.22. The van der Waals surface area contributed by atoms with E-state index in [0.717, 1.165) is 18.8 Å². The third-order valence-corrected chi connectivity index (χ3v) is 3.04. The average molecular weight is 243 g/mol. The molecule has 2 rings (SSSR count). The van der Waals surface area contributed by atoms with Crippen LogP contribution in [0.2, 0.25) is 0 Å². The third-order valence-electron chi connectivity index (χ3n) is 3.04. The molecule has 1 saturated heterocycles. The van der Waals surface area contributed by atoms with Gasteiger partial charge in [-0.05, 0) is 5.56 Å². The molecule has 0 radical (unpaired) electrons. The molecule has 1 fully saturated rings. The molecule has 1 aliphatic heterocycles. The Kier molecular flexibility index (Phi) is 3.84. The predicted octanol–water partition coefficient (Wildman–Crippen LogP) is 2.28. The predicted molar refractivity (Wildman–Crippen MR) is 70.4 cm³/mol. The molecule has 1 aliphatic rings. The molecule has 0 aromatic heterocycles. The Morgan fingerprint density at radius 1 is 1.28 bits per heavy atom. The van der Waals surface area contributed by atoms with Crippen LogP contribution >= 0.6 is 0 Å². The van der Waals surface area contributed by atoms with Gasteiger partial charge in [-0.2, -0.15) is 0 Å². The lowest BCUT2D eigenvalue weighted by atomic mass is 10.2. The zero-order valence-corrected chi connectivity index (χ0v) is 10.3. The number of nitrogens with zero attached hydrogens (tertiary/aromatic N) is 3. The highest BCUT2D eigenvalue weighted by atomic mass is 15.3. The van der Waals surface area contributed by atoms with Crippen LogP contribution in [0, 0.1) is 10.9 Å². The Labute approximate surface area is 107 Å². The van der Waals surface area contributed by atoms with Crippen LogP contribution in [-0.2, 0) is 6.54 Å². The Balaban J connectivity index is 1.94. The molecule has 1 aromatic rings. The van der Waals surface area contributed by atoms with Gasteiger partial charge in [0.15, 0.2) is 0 Å². The Bertz CT molecular complexity index is 454. The Morgan fingerprint density at radius 3 is 2.61 bits per heavy atom. The lowest BCUT2D eigenvalue weighted by molar-refractivity contribution is 0.212. The van der Waals surface area contributed by atoms with Crippen molar-refractivity contribution in [2.24, 2.45) is 5.11 Å². The van der Waals surface area contributed by atoms with Gasteiger partial charge in [-0.3, -0.25) is 10.3 Å². The van der Waals surface area contributed by atoms with Crippen LogP contribution in [0.15, 0.2) is 47.7 Å². The molecule has 94 valence electrons. The van der Waals surface area contributed by atoms with E-state index in [-0.39, 0.29) is 5.96 Å². The van der Waals surface area contributed by atoms with Gasteiger partial charge < -0.3 is 4.90 Å². The molecule has 18 heavy (non-hydrogen) atoms. The largest absolute Gasteiger partial charge is 0.312 e. The van der Waals surface area contributed by atoms with Gasteiger partial charge in [-0.1, -0.05) is 36.9 Å². The molecule has 0 unspecified atom stereocenters. The van der Waals surface area contributed by atoms with Crippen molar-refractivity contribution < 1.29 is 0 Å². The summed E-state index contributed by atoms with van der Waals surface area (Å²) in [5, 5.41) is 10.7. The van der Waals surface area contributed by atoms with Gasteiger partial charge in [0, 0.05) is 31.9 Å². The smallest absolute Gasteiger partial charge is 0.241 e. The summed E-state index contributed by atoms with van der Waals surface area (Å²) in [4.78, 5) is 3.97.